The van der Waals surface area contributed by atoms with E-state index in [9.17, 15) is 0 Å². The van der Waals surface area contributed by atoms with E-state index in [1.165, 1.54) is 0 Å². The van der Waals surface area contributed by atoms with Gasteiger partial charge in [0.1, 0.15) is 0 Å². The van der Waals surface area contributed by atoms with Crippen molar-refractivity contribution in [3.05, 3.63) is 28.2 Å². The van der Waals surface area contributed by atoms with Crippen molar-refractivity contribution in [3.63, 3.8) is 0 Å². The Morgan fingerprint density at radius 2 is 2.21 bits per heavy atom. The van der Waals surface area contributed by atoms with E-state index in [2.05, 4.69) is 28.3 Å². The van der Waals surface area contributed by atoms with Crippen LogP contribution in [0.5, 0.6) is 0 Å². The van der Waals surface area contributed by atoms with Gasteiger partial charge in [-0.1, -0.05) is 29.3 Å². The minimum Gasteiger partial charge on any atom is -0.398 e. The Labute approximate surface area is 93.0 Å². The number of hydrogen-bond donors (Lipinski definition) is 3. The second kappa shape index (κ2) is 5.34. The summed E-state index contributed by atoms with van der Waals surface area (Å²) in [5, 5.41) is 0. The summed E-state index contributed by atoms with van der Waals surface area (Å²) >= 11 is 3.42. The molecule has 0 amide bonds. The van der Waals surface area contributed by atoms with Gasteiger partial charge in [0.05, 0.1) is 0 Å². The van der Waals surface area contributed by atoms with Crippen molar-refractivity contribution in [1.29, 1.82) is 0 Å². The van der Waals surface area contributed by atoms with E-state index in [0.29, 0.717) is 0 Å². The van der Waals surface area contributed by atoms with Gasteiger partial charge in [-0.15, -0.1) is 0 Å². The zero-order valence-corrected chi connectivity index (χ0v) is 9.84. The minimum absolute atomic E-state index is 0.137. The quantitative estimate of drug-likeness (QED) is 0.441. The summed E-state index contributed by atoms with van der Waals surface area (Å²) in [6.45, 7) is 2.12. The number of hydrazine groups is 1. The highest BCUT2D eigenvalue weighted by Crippen LogP contribution is 2.26. The van der Waals surface area contributed by atoms with Gasteiger partial charge in [-0.3, -0.25) is 11.3 Å². The molecule has 4 heteroatoms. The zero-order chi connectivity index (χ0) is 10.6. The highest BCUT2D eigenvalue weighted by atomic mass is 79.9. The molecule has 1 unspecified atom stereocenters. The standard InChI is InChI=1S/C10H16BrN3/c1-2-3-10(14-13)8-6-7(11)4-5-9(8)12/h4-6,10,14H,2-3,12-13H2,1H3. The largest absolute Gasteiger partial charge is 0.398 e. The Morgan fingerprint density at radius 3 is 2.79 bits per heavy atom. The first-order valence-corrected chi connectivity index (χ1v) is 5.49. The maximum Gasteiger partial charge on any atom is 0.0480 e. The molecule has 1 atom stereocenters. The molecular formula is C10H16BrN3. The molecule has 0 saturated heterocycles. The molecule has 0 aliphatic rings. The normalized spacial score (nSPS) is 12.8. The summed E-state index contributed by atoms with van der Waals surface area (Å²) in [6, 6.07) is 5.96. The second-order valence-electron chi connectivity index (χ2n) is 3.28. The number of rotatable bonds is 4. The van der Waals surface area contributed by atoms with Crippen molar-refractivity contribution in [1.82, 2.24) is 5.43 Å². The molecule has 0 saturated carbocycles. The predicted octanol–water partition coefficient (Wildman–Crippen LogP) is 2.34. The number of nitrogen functional groups attached to an aromatic ring is 1. The Hall–Kier alpha value is -0.580. The van der Waals surface area contributed by atoms with Crippen LogP contribution >= 0.6 is 15.9 Å². The van der Waals surface area contributed by atoms with Crippen molar-refractivity contribution in [3.8, 4) is 0 Å². The summed E-state index contributed by atoms with van der Waals surface area (Å²) in [5.74, 6) is 5.49. The molecule has 5 N–H and O–H groups in total. The lowest BCUT2D eigenvalue weighted by molar-refractivity contribution is 0.511. The molecule has 1 aromatic carbocycles. The van der Waals surface area contributed by atoms with Crippen LogP contribution in [0.4, 0.5) is 5.69 Å². The van der Waals surface area contributed by atoms with Crippen molar-refractivity contribution in [2.45, 2.75) is 25.8 Å². The van der Waals surface area contributed by atoms with Crippen molar-refractivity contribution < 1.29 is 0 Å². The maximum absolute atomic E-state index is 5.88. The number of nitrogens with two attached hydrogens (primary N) is 2. The van der Waals surface area contributed by atoms with E-state index in [0.717, 1.165) is 28.6 Å². The number of hydrogen-bond acceptors (Lipinski definition) is 3. The van der Waals surface area contributed by atoms with Crippen LogP contribution < -0.4 is 17.0 Å². The van der Waals surface area contributed by atoms with Gasteiger partial charge in [0.15, 0.2) is 0 Å². The fourth-order valence-corrected chi connectivity index (χ4v) is 1.84. The van der Waals surface area contributed by atoms with Crippen molar-refractivity contribution in [2.75, 3.05) is 5.73 Å². The topological polar surface area (TPSA) is 64.1 Å². The minimum atomic E-state index is 0.137. The summed E-state index contributed by atoms with van der Waals surface area (Å²) in [4.78, 5) is 0. The Morgan fingerprint density at radius 1 is 1.50 bits per heavy atom. The van der Waals surface area contributed by atoms with E-state index in [-0.39, 0.29) is 6.04 Å². The fraction of sp³-hybridized carbons (Fsp3) is 0.400. The smallest absolute Gasteiger partial charge is 0.0480 e. The monoisotopic (exact) mass is 257 g/mol. The molecule has 0 aromatic heterocycles. The van der Waals surface area contributed by atoms with Crippen LogP contribution in [0.15, 0.2) is 22.7 Å². The maximum atomic E-state index is 5.88. The van der Waals surface area contributed by atoms with Gasteiger partial charge in [0.2, 0.25) is 0 Å². The first-order valence-electron chi connectivity index (χ1n) is 4.70. The average molecular weight is 258 g/mol. The van der Waals surface area contributed by atoms with Crippen LogP contribution in [0.1, 0.15) is 31.4 Å². The predicted molar refractivity (Wildman–Crippen MR) is 63.5 cm³/mol. The van der Waals surface area contributed by atoms with E-state index in [1.807, 2.05) is 18.2 Å². The molecule has 14 heavy (non-hydrogen) atoms. The van der Waals surface area contributed by atoms with Gasteiger partial charge in [0.25, 0.3) is 0 Å². The molecule has 1 aromatic rings. The molecule has 1 rings (SSSR count). The zero-order valence-electron chi connectivity index (χ0n) is 8.26. The molecule has 0 radical (unpaired) electrons. The number of nitrogens with one attached hydrogen (secondary N) is 1. The fourth-order valence-electron chi connectivity index (χ4n) is 1.46. The van der Waals surface area contributed by atoms with Crippen LogP contribution in [-0.2, 0) is 0 Å². The van der Waals surface area contributed by atoms with Gasteiger partial charge in [-0.2, -0.15) is 0 Å². The average Bonchev–Trinajstić information content (AvgIpc) is 2.18. The van der Waals surface area contributed by atoms with E-state index in [1.54, 1.807) is 0 Å². The lowest BCUT2D eigenvalue weighted by atomic mass is 10.0. The van der Waals surface area contributed by atoms with Crippen molar-refractivity contribution in [2.24, 2.45) is 5.84 Å². The third kappa shape index (κ3) is 2.70. The number of halogens is 1. The summed E-state index contributed by atoms with van der Waals surface area (Å²) in [7, 11) is 0. The van der Waals surface area contributed by atoms with Gasteiger partial charge in [-0.25, -0.2) is 0 Å². The van der Waals surface area contributed by atoms with Gasteiger partial charge >= 0.3 is 0 Å². The van der Waals surface area contributed by atoms with Gasteiger partial charge in [0, 0.05) is 16.2 Å². The van der Waals surface area contributed by atoms with Gasteiger partial charge in [-0.05, 0) is 30.2 Å². The molecule has 0 aliphatic heterocycles. The molecule has 0 fully saturated rings. The van der Waals surface area contributed by atoms with Crippen LogP contribution in [-0.4, -0.2) is 0 Å². The highest BCUT2D eigenvalue weighted by Gasteiger charge is 2.11. The number of benzene rings is 1. The van der Waals surface area contributed by atoms with E-state index < -0.39 is 0 Å². The van der Waals surface area contributed by atoms with Crippen LogP contribution in [0.2, 0.25) is 0 Å². The van der Waals surface area contributed by atoms with Crippen LogP contribution in [0.3, 0.4) is 0 Å². The Balaban J connectivity index is 2.96. The van der Waals surface area contributed by atoms with E-state index in [4.69, 9.17) is 11.6 Å². The molecular weight excluding hydrogens is 242 g/mol. The van der Waals surface area contributed by atoms with Gasteiger partial charge < -0.3 is 5.73 Å². The number of anilines is 1. The first kappa shape index (κ1) is 11.5. The lowest BCUT2D eigenvalue weighted by Crippen LogP contribution is -2.28. The summed E-state index contributed by atoms with van der Waals surface area (Å²) in [5.41, 5.74) is 10.5. The van der Waals surface area contributed by atoms with E-state index >= 15 is 0 Å². The third-order valence-electron chi connectivity index (χ3n) is 2.20. The molecule has 0 heterocycles. The summed E-state index contributed by atoms with van der Waals surface area (Å²) in [6.07, 6.45) is 2.05. The Kier molecular flexibility index (Phi) is 4.38. The SMILES string of the molecule is CCCC(NN)c1cc(Br)ccc1N. The molecule has 0 bridgehead atoms. The summed E-state index contributed by atoms with van der Waals surface area (Å²) < 4.78 is 1.03. The van der Waals surface area contributed by atoms with Crippen LogP contribution in [0, 0.1) is 0 Å². The third-order valence-corrected chi connectivity index (χ3v) is 2.70. The van der Waals surface area contributed by atoms with Crippen LogP contribution in [0.25, 0.3) is 0 Å². The molecule has 78 valence electrons. The van der Waals surface area contributed by atoms with Crippen molar-refractivity contribution >= 4 is 21.6 Å². The second-order valence-corrected chi connectivity index (χ2v) is 4.20. The highest BCUT2D eigenvalue weighted by molar-refractivity contribution is 9.10. The lowest BCUT2D eigenvalue weighted by Gasteiger charge is -2.17. The molecule has 0 spiro atoms. The molecule has 0 aliphatic carbocycles. The molecule has 3 nitrogen and oxygen atoms in total. The Bertz CT molecular complexity index is 301. The first-order chi connectivity index (χ1) is 6.69.